The van der Waals surface area contributed by atoms with Crippen LogP contribution in [0.2, 0.25) is 0 Å². The quantitative estimate of drug-likeness (QED) is 0.513. The van der Waals surface area contributed by atoms with Crippen LogP contribution in [-0.2, 0) is 0 Å². The standard InChI is InChI=1S/C14H11N/c1-2-10-15-11-13-8-5-7-12-6-3-4-9-14(12)13/h1,3-9,11H,10H2. The monoisotopic (exact) mass is 193 g/mol. The molecular formula is C14H11N. The summed E-state index contributed by atoms with van der Waals surface area (Å²) in [5.41, 5.74) is 1.11. The minimum Gasteiger partial charge on any atom is -0.280 e. The zero-order valence-corrected chi connectivity index (χ0v) is 8.35. The van der Waals surface area contributed by atoms with Crippen molar-refractivity contribution in [3.8, 4) is 12.3 Å². The minimum atomic E-state index is 0.434. The number of hydrogen-bond donors (Lipinski definition) is 0. The van der Waals surface area contributed by atoms with Crippen molar-refractivity contribution in [2.75, 3.05) is 6.54 Å². The second kappa shape index (κ2) is 4.43. The van der Waals surface area contributed by atoms with Crippen molar-refractivity contribution in [3.63, 3.8) is 0 Å². The molecule has 0 radical (unpaired) electrons. The molecule has 0 saturated heterocycles. The lowest BCUT2D eigenvalue weighted by Crippen LogP contribution is -1.85. The predicted molar refractivity (Wildman–Crippen MR) is 65.2 cm³/mol. The molecule has 0 heterocycles. The van der Waals surface area contributed by atoms with Gasteiger partial charge in [-0.1, -0.05) is 48.4 Å². The van der Waals surface area contributed by atoms with Crippen molar-refractivity contribution in [1.29, 1.82) is 0 Å². The Labute approximate surface area is 89.5 Å². The van der Waals surface area contributed by atoms with Crippen LogP contribution in [0.1, 0.15) is 5.56 Å². The lowest BCUT2D eigenvalue weighted by molar-refractivity contribution is 1.30. The summed E-state index contributed by atoms with van der Waals surface area (Å²) in [6, 6.07) is 14.4. The van der Waals surface area contributed by atoms with E-state index in [1.54, 1.807) is 0 Å². The van der Waals surface area contributed by atoms with Gasteiger partial charge in [-0.25, -0.2) is 0 Å². The van der Waals surface area contributed by atoms with E-state index in [-0.39, 0.29) is 0 Å². The fourth-order valence-electron chi connectivity index (χ4n) is 1.56. The highest BCUT2D eigenvalue weighted by Gasteiger charge is 1.95. The Hall–Kier alpha value is -2.07. The number of fused-ring (bicyclic) bond motifs is 1. The van der Waals surface area contributed by atoms with Crippen LogP contribution in [0.5, 0.6) is 0 Å². The molecule has 0 spiro atoms. The van der Waals surface area contributed by atoms with E-state index in [1.807, 2.05) is 30.5 Å². The van der Waals surface area contributed by atoms with Crippen LogP contribution in [0.4, 0.5) is 0 Å². The van der Waals surface area contributed by atoms with Crippen molar-refractivity contribution >= 4 is 17.0 Å². The topological polar surface area (TPSA) is 12.4 Å². The van der Waals surface area contributed by atoms with Gasteiger partial charge in [-0.05, 0) is 10.8 Å². The van der Waals surface area contributed by atoms with Crippen LogP contribution in [-0.4, -0.2) is 12.8 Å². The first kappa shape index (κ1) is 9.48. The van der Waals surface area contributed by atoms with Gasteiger partial charge in [0.2, 0.25) is 0 Å². The molecule has 0 N–H and O–H groups in total. The van der Waals surface area contributed by atoms with Crippen molar-refractivity contribution in [2.24, 2.45) is 4.99 Å². The smallest absolute Gasteiger partial charge is 0.0995 e. The lowest BCUT2D eigenvalue weighted by atomic mass is 10.1. The summed E-state index contributed by atoms with van der Waals surface area (Å²) in [5, 5.41) is 2.43. The van der Waals surface area contributed by atoms with Crippen molar-refractivity contribution in [2.45, 2.75) is 0 Å². The van der Waals surface area contributed by atoms with Crippen molar-refractivity contribution < 1.29 is 0 Å². The van der Waals surface area contributed by atoms with Gasteiger partial charge in [0.15, 0.2) is 0 Å². The molecule has 0 aromatic heterocycles. The summed E-state index contributed by atoms with van der Waals surface area (Å²) in [7, 11) is 0. The molecule has 2 rings (SSSR count). The highest BCUT2D eigenvalue weighted by atomic mass is 14.7. The van der Waals surface area contributed by atoms with Gasteiger partial charge in [0.05, 0.1) is 6.54 Å². The Morgan fingerprint density at radius 3 is 2.80 bits per heavy atom. The summed E-state index contributed by atoms with van der Waals surface area (Å²) in [5.74, 6) is 2.49. The third-order valence-electron chi connectivity index (χ3n) is 2.24. The second-order valence-corrected chi connectivity index (χ2v) is 3.24. The molecule has 0 aliphatic heterocycles. The van der Waals surface area contributed by atoms with E-state index in [0.29, 0.717) is 6.54 Å². The van der Waals surface area contributed by atoms with Gasteiger partial charge in [-0.2, -0.15) is 0 Å². The predicted octanol–water partition coefficient (Wildman–Crippen LogP) is 2.89. The number of terminal acetylenes is 1. The number of aliphatic imine (C=N–C) groups is 1. The molecule has 0 unspecified atom stereocenters. The Balaban J connectivity index is 2.48. The Kier molecular flexibility index (Phi) is 2.80. The summed E-state index contributed by atoms with van der Waals surface area (Å²) >= 11 is 0. The van der Waals surface area contributed by atoms with Crippen LogP contribution in [0.25, 0.3) is 10.8 Å². The lowest BCUT2D eigenvalue weighted by Gasteiger charge is -2.00. The zero-order chi connectivity index (χ0) is 10.5. The highest BCUT2D eigenvalue weighted by Crippen LogP contribution is 2.16. The van der Waals surface area contributed by atoms with Crippen LogP contribution >= 0.6 is 0 Å². The van der Waals surface area contributed by atoms with E-state index < -0.39 is 0 Å². The Morgan fingerprint density at radius 2 is 1.93 bits per heavy atom. The van der Waals surface area contributed by atoms with Gasteiger partial charge < -0.3 is 0 Å². The molecule has 2 aromatic rings. The van der Waals surface area contributed by atoms with Gasteiger partial charge >= 0.3 is 0 Å². The molecule has 1 heteroatoms. The maximum absolute atomic E-state index is 5.14. The minimum absolute atomic E-state index is 0.434. The molecule has 15 heavy (non-hydrogen) atoms. The molecule has 2 aromatic carbocycles. The van der Waals surface area contributed by atoms with E-state index in [0.717, 1.165) is 5.56 Å². The average molecular weight is 193 g/mol. The largest absolute Gasteiger partial charge is 0.280 e. The van der Waals surface area contributed by atoms with E-state index in [2.05, 4.69) is 29.1 Å². The van der Waals surface area contributed by atoms with E-state index in [9.17, 15) is 0 Å². The maximum atomic E-state index is 5.14. The maximum Gasteiger partial charge on any atom is 0.0995 e. The summed E-state index contributed by atoms with van der Waals surface area (Å²) in [4.78, 5) is 4.15. The SMILES string of the molecule is C#CCN=Cc1cccc2ccccc12. The summed E-state index contributed by atoms with van der Waals surface area (Å²) < 4.78 is 0. The molecule has 72 valence electrons. The molecule has 0 saturated carbocycles. The molecule has 0 aliphatic rings. The molecule has 0 fully saturated rings. The average Bonchev–Trinajstić information content (AvgIpc) is 2.30. The van der Waals surface area contributed by atoms with E-state index in [4.69, 9.17) is 6.42 Å². The molecule has 0 bridgehead atoms. The first-order chi connectivity index (χ1) is 7.42. The van der Waals surface area contributed by atoms with Gasteiger partial charge in [0, 0.05) is 11.8 Å². The summed E-state index contributed by atoms with van der Waals surface area (Å²) in [6.45, 7) is 0.434. The third-order valence-corrected chi connectivity index (χ3v) is 2.24. The molecule has 1 nitrogen and oxygen atoms in total. The normalized spacial score (nSPS) is 10.6. The van der Waals surface area contributed by atoms with Gasteiger partial charge in [0.25, 0.3) is 0 Å². The van der Waals surface area contributed by atoms with Crippen molar-refractivity contribution in [3.05, 3.63) is 48.0 Å². The molecule has 0 atom stereocenters. The van der Waals surface area contributed by atoms with Crippen LogP contribution in [0.15, 0.2) is 47.5 Å². The molecular weight excluding hydrogens is 182 g/mol. The van der Waals surface area contributed by atoms with Crippen molar-refractivity contribution in [1.82, 2.24) is 0 Å². The number of benzene rings is 2. The van der Waals surface area contributed by atoms with E-state index >= 15 is 0 Å². The van der Waals surface area contributed by atoms with Gasteiger partial charge in [0.1, 0.15) is 0 Å². The molecule has 0 aliphatic carbocycles. The Bertz CT molecular complexity index is 527. The first-order valence-corrected chi connectivity index (χ1v) is 4.83. The summed E-state index contributed by atoms with van der Waals surface area (Å²) in [6.07, 6.45) is 6.98. The number of rotatable bonds is 2. The highest BCUT2D eigenvalue weighted by molar-refractivity contribution is 5.99. The van der Waals surface area contributed by atoms with Gasteiger partial charge in [-0.3, -0.25) is 4.99 Å². The number of hydrogen-bond acceptors (Lipinski definition) is 1. The van der Waals surface area contributed by atoms with Crippen LogP contribution in [0, 0.1) is 12.3 Å². The second-order valence-electron chi connectivity index (χ2n) is 3.24. The fourth-order valence-corrected chi connectivity index (χ4v) is 1.56. The zero-order valence-electron chi connectivity index (χ0n) is 8.35. The van der Waals surface area contributed by atoms with Crippen LogP contribution in [0.3, 0.4) is 0 Å². The molecule has 0 amide bonds. The van der Waals surface area contributed by atoms with Crippen LogP contribution < -0.4 is 0 Å². The fraction of sp³-hybridized carbons (Fsp3) is 0.0714. The number of nitrogens with zero attached hydrogens (tertiary/aromatic N) is 1. The first-order valence-electron chi connectivity index (χ1n) is 4.83. The Morgan fingerprint density at radius 1 is 1.13 bits per heavy atom. The third kappa shape index (κ3) is 2.05. The van der Waals surface area contributed by atoms with Gasteiger partial charge in [-0.15, -0.1) is 6.42 Å². The van der Waals surface area contributed by atoms with E-state index in [1.165, 1.54) is 10.8 Å².